The van der Waals surface area contributed by atoms with Gasteiger partial charge in [-0.2, -0.15) is 0 Å². The fourth-order valence-electron chi connectivity index (χ4n) is 4.71. The monoisotopic (exact) mass is 610 g/mol. The zero-order chi connectivity index (χ0) is 32.1. The molecule has 46 heavy (non-hydrogen) atoms. The van der Waals surface area contributed by atoms with Gasteiger partial charge in [0.25, 0.3) is 11.8 Å². The first kappa shape index (κ1) is 31.4. The van der Waals surface area contributed by atoms with Crippen molar-refractivity contribution in [3.63, 3.8) is 0 Å². The van der Waals surface area contributed by atoms with Crippen molar-refractivity contribution in [1.82, 2.24) is 0 Å². The number of nitrogens with one attached hydrogen (secondary N) is 4. The maximum Gasteiger partial charge on any atom is 0.255 e. The van der Waals surface area contributed by atoms with E-state index in [0.29, 0.717) is 59.6 Å². The molecular formula is C38H34N4O4. The van der Waals surface area contributed by atoms with Gasteiger partial charge in [-0.15, -0.1) is 0 Å². The van der Waals surface area contributed by atoms with E-state index < -0.39 is 0 Å². The van der Waals surface area contributed by atoms with Gasteiger partial charge < -0.3 is 21.3 Å². The molecular weight excluding hydrogens is 576 g/mol. The lowest BCUT2D eigenvalue weighted by Gasteiger charge is -2.10. The molecule has 0 spiro atoms. The quantitative estimate of drug-likeness (QED) is 0.118. The number of anilines is 4. The van der Waals surface area contributed by atoms with Gasteiger partial charge in [0, 0.05) is 46.7 Å². The third kappa shape index (κ3) is 9.49. The summed E-state index contributed by atoms with van der Waals surface area (Å²) in [4.78, 5) is 50.1. The van der Waals surface area contributed by atoms with Crippen molar-refractivity contribution in [2.75, 3.05) is 21.3 Å². The second-order valence-corrected chi connectivity index (χ2v) is 10.7. The number of amides is 4. The van der Waals surface area contributed by atoms with E-state index in [0.717, 1.165) is 11.1 Å². The van der Waals surface area contributed by atoms with Crippen LogP contribution < -0.4 is 21.3 Å². The van der Waals surface area contributed by atoms with Crippen molar-refractivity contribution in [3.05, 3.63) is 156 Å². The van der Waals surface area contributed by atoms with E-state index in [1.54, 1.807) is 72.8 Å². The van der Waals surface area contributed by atoms with Crippen LogP contribution in [0.4, 0.5) is 22.7 Å². The van der Waals surface area contributed by atoms with Crippen LogP contribution in [0.25, 0.3) is 0 Å². The molecule has 0 saturated heterocycles. The van der Waals surface area contributed by atoms with E-state index >= 15 is 0 Å². The first-order valence-corrected chi connectivity index (χ1v) is 15.0. The summed E-state index contributed by atoms with van der Waals surface area (Å²) in [6.07, 6.45) is 2.06. The number of rotatable bonds is 12. The van der Waals surface area contributed by atoms with Gasteiger partial charge in [-0.3, -0.25) is 19.2 Å². The van der Waals surface area contributed by atoms with Crippen molar-refractivity contribution in [3.8, 4) is 0 Å². The van der Waals surface area contributed by atoms with Gasteiger partial charge in [0.1, 0.15) is 0 Å². The Morgan fingerprint density at radius 3 is 1.00 bits per heavy atom. The number of aryl methyl sites for hydroxylation is 2. The van der Waals surface area contributed by atoms with Crippen LogP contribution in [-0.2, 0) is 22.4 Å². The van der Waals surface area contributed by atoms with Gasteiger partial charge in [0.05, 0.1) is 0 Å². The molecule has 0 aliphatic heterocycles. The van der Waals surface area contributed by atoms with Crippen LogP contribution in [0.3, 0.4) is 0 Å². The fourth-order valence-corrected chi connectivity index (χ4v) is 4.71. The fraction of sp³-hybridized carbons (Fsp3) is 0.105. The summed E-state index contributed by atoms with van der Waals surface area (Å²) in [6.45, 7) is 0. The minimum absolute atomic E-state index is 0.0829. The van der Waals surface area contributed by atoms with Crippen molar-refractivity contribution in [2.45, 2.75) is 25.7 Å². The normalized spacial score (nSPS) is 10.4. The zero-order valence-corrected chi connectivity index (χ0v) is 25.2. The molecule has 0 heterocycles. The molecule has 0 radical (unpaired) electrons. The van der Waals surface area contributed by atoms with E-state index in [9.17, 15) is 19.2 Å². The largest absolute Gasteiger partial charge is 0.326 e. The second-order valence-electron chi connectivity index (χ2n) is 10.7. The number of benzene rings is 5. The maximum atomic E-state index is 12.8. The van der Waals surface area contributed by atoms with Gasteiger partial charge >= 0.3 is 0 Å². The van der Waals surface area contributed by atoms with Gasteiger partial charge in [-0.1, -0.05) is 60.7 Å². The van der Waals surface area contributed by atoms with Crippen LogP contribution >= 0.6 is 0 Å². The lowest BCUT2D eigenvalue weighted by Crippen LogP contribution is -2.15. The smallest absolute Gasteiger partial charge is 0.255 e. The third-order valence-electron chi connectivity index (χ3n) is 7.23. The molecule has 4 amide bonds. The summed E-state index contributed by atoms with van der Waals surface area (Å²) in [7, 11) is 0. The van der Waals surface area contributed by atoms with Crippen molar-refractivity contribution >= 4 is 46.4 Å². The van der Waals surface area contributed by atoms with Crippen molar-refractivity contribution < 1.29 is 19.2 Å². The maximum absolute atomic E-state index is 12.8. The van der Waals surface area contributed by atoms with Crippen LogP contribution in [0.15, 0.2) is 133 Å². The Bertz CT molecular complexity index is 1640. The Kier molecular flexibility index (Phi) is 10.7. The molecule has 8 nitrogen and oxygen atoms in total. The van der Waals surface area contributed by atoms with E-state index in [2.05, 4.69) is 21.3 Å². The first-order chi connectivity index (χ1) is 22.4. The van der Waals surface area contributed by atoms with Crippen molar-refractivity contribution in [2.24, 2.45) is 0 Å². The van der Waals surface area contributed by atoms with Crippen LogP contribution in [0.2, 0.25) is 0 Å². The predicted octanol–water partition coefficient (Wildman–Crippen LogP) is 7.33. The summed E-state index contributed by atoms with van der Waals surface area (Å²) >= 11 is 0. The Hall–Kier alpha value is -6.02. The average Bonchev–Trinajstić information content (AvgIpc) is 3.09. The molecule has 0 atom stereocenters. The average molecular weight is 611 g/mol. The molecule has 0 fully saturated rings. The van der Waals surface area contributed by atoms with E-state index in [1.165, 1.54) is 0 Å². The SMILES string of the molecule is O=C(CCc1ccccc1)Nc1ccc(NC(=O)c2ccc(C(=O)Nc3ccc(NC(=O)CCc4ccccc4)cc3)cc2)cc1. The topological polar surface area (TPSA) is 116 Å². The Morgan fingerprint density at radius 2 is 0.674 bits per heavy atom. The lowest BCUT2D eigenvalue weighted by atomic mass is 10.1. The third-order valence-corrected chi connectivity index (χ3v) is 7.23. The molecule has 0 aliphatic carbocycles. The number of hydrogen-bond acceptors (Lipinski definition) is 4. The molecule has 5 aromatic carbocycles. The van der Waals surface area contributed by atoms with Crippen molar-refractivity contribution in [1.29, 1.82) is 0 Å². The van der Waals surface area contributed by atoms with E-state index in [4.69, 9.17) is 0 Å². The van der Waals surface area contributed by atoms with Gasteiger partial charge in [0.2, 0.25) is 11.8 Å². The standard InChI is InChI=1S/C38H34N4O4/c43-35(25-11-27-7-3-1-4-8-27)39-31-17-21-33(22-18-31)41-37(45)29-13-15-30(16-14-29)38(46)42-34-23-19-32(20-24-34)40-36(44)26-12-28-9-5-2-6-10-28/h1-10,13-24H,11-12,25-26H2,(H,39,43)(H,40,44)(H,41,45)(H,42,46). The molecule has 0 aromatic heterocycles. The molecule has 4 N–H and O–H groups in total. The van der Waals surface area contributed by atoms with E-state index in [1.807, 2.05) is 60.7 Å². The summed E-state index contributed by atoms with van der Waals surface area (Å²) in [6, 6.07) is 39.8. The molecule has 8 heteroatoms. The summed E-state index contributed by atoms with van der Waals surface area (Å²) in [5, 5.41) is 11.4. The predicted molar refractivity (Wildman–Crippen MR) is 182 cm³/mol. The minimum atomic E-state index is -0.326. The highest BCUT2D eigenvalue weighted by Gasteiger charge is 2.11. The van der Waals surface area contributed by atoms with Crippen LogP contribution in [0.1, 0.15) is 44.7 Å². The van der Waals surface area contributed by atoms with Crippen LogP contribution in [-0.4, -0.2) is 23.6 Å². The molecule has 5 rings (SSSR count). The highest BCUT2D eigenvalue weighted by atomic mass is 16.2. The summed E-state index contributed by atoms with van der Waals surface area (Å²) in [5.41, 5.74) is 5.43. The van der Waals surface area contributed by atoms with Gasteiger partial charge in [-0.25, -0.2) is 0 Å². The van der Waals surface area contributed by atoms with E-state index in [-0.39, 0.29) is 23.6 Å². The highest BCUT2D eigenvalue weighted by Crippen LogP contribution is 2.18. The number of hydrogen-bond donors (Lipinski definition) is 4. The molecule has 0 bridgehead atoms. The lowest BCUT2D eigenvalue weighted by molar-refractivity contribution is -0.117. The summed E-state index contributed by atoms with van der Waals surface area (Å²) in [5.74, 6) is -0.818. The second kappa shape index (κ2) is 15.6. The molecule has 5 aromatic rings. The van der Waals surface area contributed by atoms with Gasteiger partial charge in [0.15, 0.2) is 0 Å². The molecule has 0 aliphatic rings. The Balaban J connectivity index is 1.06. The highest BCUT2D eigenvalue weighted by molar-refractivity contribution is 6.07. The Morgan fingerprint density at radius 1 is 0.370 bits per heavy atom. The first-order valence-electron chi connectivity index (χ1n) is 15.0. The molecule has 0 saturated carbocycles. The number of carbonyl (C=O) groups excluding carboxylic acids is 4. The Labute approximate surface area is 267 Å². The van der Waals surface area contributed by atoms with Crippen LogP contribution in [0.5, 0.6) is 0 Å². The van der Waals surface area contributed by atoms with Crippen LogP contribution in [0, 0.1) is 0 Å². The minimum Gasteiger partial charge on any atom is -0.326 e. The summed E-state index contributed by atoms with van der Waals surface area (Å²) < 4.78 is 0. The zero-order valence-electron chi connectivity index (χ0n) is 25.2. The molecule has 0 unspecified atom stereocenters. The van der Waals surface area contributed by atoms with Gasteiger partial charge in [-0.05, 0) is 96.8 Å². The number of carbonyl (C=O) groups is 4. The molecule has 230 valence electrons.